The molecule has 0 unspecified atom stereocenters. The van der Waals surface area contributed by atoms with Crippen LogP contribution in [0.5, 0.6) is 0 Å². The molecule has 1 aromatic carbocycles. The molecule has 2 aromatic heterocycles. The van der Waals surface area contributed by atoms with Gasteiger partial charge in [0.15, 0.2) is 11.0 Å². The molecule has 0 radical (unpaired) electrons. The molecule has 6 nitrogen and oxygen atoms in total. The summed E-state index contributed by atoms with van der Waals surface area (Å²) in [7, 11) is 0. The molecule has 0 saturated carbocycles. The third-order valence-electron chi connectivity index (χ3n) is 4.82. The molecule has 0 amide bonds. The summed E-state index contributed by atoms with van der Waals surface area (Å²) in [4.78, 5) is 12.2. The maximum Gasteiger partial charge on any atom is 0.169 e. The first kappa shape index (κ1) is 20.0. The van der Waals surface area contributed by atoms with Gasteiger partial charge in [-0.25, -0.2) is 9.97 Å². The number of thioether (sulfide) groups is 1. The first-order valence-corrected chi connectivity index (χ1v) is 10.3. The van der Waals surface area contributed by atoms with E-state index in [-0.39, 0.29) is 16.6 Å². The summed E-state index contributed by atoms with van der Waals surface area (Å²) < 4.78 is 2.19. The van der Waals surface area contributed by atoms with Crippen LogP contribution in [0.15, 0.2) is 35.2 Å². The number of aliphatic hydroxyl groups excluding tert-OH is 1. The van der Waals surface area contributed by atoms with E-state index in [0.717, 1.165) is 47.0 Å². The molecule has 0 bridgehead atoms. The van der Waals surface area contributed by atoms with Crippen molar-refractivity contribution in [3.8, 4) is 6.07 Å². The Morgan fingerprint density at radius 1 is 1.32 bits per heavy atom. The van der Waals surface area contributed by atoms with Crippen LogP contribution in [0.4, 0.5) is 0 Å². The molecule has 0 spiro atoms. The zero-order valence-corrected chi connectivity index (χ0v) is 17.5. The highest BCUT2D eigenvalue weighted by atomic mass is 32.2. The second-order valence-electron chi connectivity index (χ2n) is 6.81. The van der Waals surface area contributed by atoms with Gasteiger partial charge in [0.25, 0.3) is 0 Å². The van der Waals surface area contributed by atoms with E-state index >= 15 is 0 Å². The lowest BCUT2D eigenvalue weighted by atomic mass is 10.2. The van der Waals surface area contributed by atoms with E-state index in [2.05, 4.69) is 39.4 Å². The number of nitriles is 1. The molecule has 0 aliphatic rings. The summed E-state index contributed by atoms with van der Waals surface area (Å²) in [6.45, 7) is 9.01. The third kappa shape index (κ3) is 3.92. The molecule has 28 heavy (non-hydrogen) atoms. The molecule has 0 aliphatic heterocycles. The van der Waals surface area contributed by atoms with E-state index in [1.54, 1.807) is 0 Å². The highest BCUT2D eigenvalue weighted by Gasteiger charge is 2.22. The van der Waals surface area contributed by atoms with Gasteiger partial charge in [-0.2, -0.15) is 5.26 Å². The van der Waals surface area contributed by atoms with Gasteiger partial charge in [0.1, 0.15) is 17.4 Å². The molecule has 3 rings (SSSR count). The van der Waals surface area contributed by atoms with Gasteiger partial charge in [-0.1, -0.05) is 37.2 Å². The lowest BCUT2D eigenvalue weighted by Crippen LogP contribution is -2.08. The molecule has 0 aliphatic carbocycles. The summed E-state index contributed by atoms with van der Waals surface area (Å²) >= 11 is 1.46. The fourth-order valence-corrected chi connectivity index (χ4v) is 4.10. The van der Waals surface area contributed by atoms with Crippen molar-refractivity contribution >= 4 is 28.4 Å². The summed E-state index contributed by atoms with van der Waals surface area (Å²) in [5.41, 5.74) is 3.90. The number of nitrogens with zero attached hydrogens (tertiary/aromatic N) is 4. The van der Waals surface area contributed by atoms with Crippen LogP contribution in [-0.2, 0) is 6.54 Å². The van der Waals surface area contributed by atoms with Crippen LogP contribution in [0.3, 0.4) is 0 Å². The van der Waals surface area contributed by atoms with Crippen molar-refractivity contribution in [1.82, 2.24) is 19.5 Å². The quantitative estimate of drug-likeness (QED) is 0.328. The number of allylic oxidation sites excluding steroid dienone is 1. The van der Waals surface area contributed by atoms with Crippen LogP contribution in [0.1, 0.15) is 43.9 Å². The molecular weight excluding hydrogens is 370 g/mol. The van der Waals surface area contributed by atoms with Gasteiger partial charge in [0.05, 0.1) is 22.0 Å². The SMILES string of the molecule is CCCCn1c(S[C@@H](C)C(O)=C(C#N)c2nc3ccccc3[nH]2)nc(C)c1C. The molecular formula is C21H25N5OS. The lowest BCUT2D eigenvalue weighted by Gasteiger charge is -2.14. The Morgan fingerprint density at radius 3 is 2.75 bits per heavy atom. The molecule has 2 heterocycles. The van der Waals surface area contributed by atoms with Crippen molar-refractivity contribution in [1.29, 1.82) is 5.26 Å². The van der Waals surface area contributed by atoms with Crippen molar-refractivity contribution in [2.24, 2.45) is 0 Å². The largest absolute Gasteiger partial charge is 0.510 e. The van der Waals surface area contributed by atoms with Crippen LogP contribution >= 0.6 is 11.8 Å². The highest BCUT2D eigenvalue weighted by Crippen LogP contribution is 2.31. The average Bonchev–Trinajstić information content (AvgIpc) is 3.22. The summed E-state index contributed by atoms with van der Waals surface area (Å²) in [5.74, 6) is 0.391. The van der Waals surface area contributed by atoms with Crippen LogP contribution in [0.25, 0.3) is 16.6 Å². The van der Waals surface area contributed by atoms with Crippen LogP contribution < -0.4 is 0 Å². The Bertz CT molecular complexity index is 1020. The number of imidazole rings is 2. The molecule has 146 valence electrons. The zero-order chi connectivity index (χ0) is 20.3. The van der Waals surface area contributed by atoms with E-state index < -0.39 is 0 Å². The molecule has 3 aromatic rings. The highest BCUT2D eigenvalue weighted by molar-refractivity contribution is 7.99. The van der Waals surface area contributed by atoms with Gasteiger partial charge in [0.2, 0.25) is 0 Å². The van der Waals surface area contributed by atoms with Crippen LogP contribution in [-0.4, -0.2) is 29.9 Å². The first-order valence-electron chi connectivity index (χ1n) is 9.45. The second kappa shape index (κ2) is 8.53. The van der Waals surface area contributed by atoms with E-state index in [0.29, 0.717) is 5.82 Å². The summed E-state index contributed by atoms with van der Waals surface area (Å²) in [6, 6.07) is 9.66. The Hall–Kier alpha value is -2.72. The number of aryl methyl sites for hydroxylation is 1. The molecule has 0 saturated heterocycles. The molecule has 2 N–H and O–H groups in total. The monoisotopic (exact) mass is 395 g/mol. The van der Waals surface area contributed by atoms with Crippen molar-refractivity contribution < 1.29 is 5.11 Å². The number of para-hydroxylation sites is 2. The Labute approximate surface area is 169 Å². The number of rotatable bonds is 7. The number of fused-ring (bicyclic) bond motifs is 1. The van der Waals surface area contributed by atoms with Gasteiger partial charge in [0, 0.05) is 12.2 Å². The second-order valence-corrected chi connectivity index (χ2v) is 8.11. The summed E-state index contributed by atoms with van der Waals surface area (Å²) in [5, 5.41) is 21.0. The number of aromatic amines is 1. The van der Waals surface area contributed by atoms with Crippen LogP contribution in [0.2, 0.25) is 0 Å². The normalized spacial score (nSPS) is 13.4. The van der Waals surface area contributed by atoms with E-state index in [1.807, 2.05) is 38.1 Å². The van der Waals surface area contributed by atoms with Gasteiger partial charge in [-0.3, -0.25) is 0 Å². The van der Waals surface area contributed by atoms with E-state index in [4.69, 9.17) is 0 Å². The standard InChI is InChI=1S/C21H25N5OS/c1-5-6-11-26-14(3)13(2)23-21(26)28-15(4)19(27)16(12-22)20-24-17-9-7-8-10-18(17)25-20/h7-10,15,27H,5-6,11H2,1-4H3,(H,24,25)/t15-/m0/s1. The summed E-state index contributed by atoms with van der Waals surface area (Å²) in [6.07, 6.45) is 2.18. The number of hydrogen-bond donors (Lipinski definition) is 2. The number of benzene rings is 1. The van der Waals surface area contributed by atoms with Gasteiger partial charge < -0.3 is 14.7 Å². The van der Waals surface area contributed by atoms with E-state index in [9.17, 15) is 10.4 Å². The number of aromatic nitrogens is 4. The Kier molecular flexibility index (Phi) is 6.10. The van der Waals surface area contributed by atoms with E-state index in [1.165, 1.54) is 11.8 Å². The Morgan fingerprint density at radius 2 is 2.07 bits per heavy atom. The van der Waals surface area contributed by atoms with Crippen molar-refractivity contribution in [2.45, 2.75) is 57.5 Å². The molecule has 7 heteroatoms. The third-order valence-corrected chi connectivity index (χ3v) is 5.92. The number of unbranched alkanes of at least 4 members (excludes halogenated alkanes) is 1. The first-order chi connectivity index (χ1) is 13.5. The predicted octanol–water partition coefficient (Wildman–Crippen LogP) is 5.15. The Balaban J connectivity index is 1.91. The molecule has 0 fully saturated rings. The predicted molar refractivity (Wildman–Crippen MR) is 113 cm³/mol. The number of hydrogen-bond acceptors (Lipinski definition) is 5. The lowest BCUT2D eigenvalue weighted by molar-refractivity contribution is 0.401. The van der Waals surface area contributed by atoms with Crippen molar-refractivity contribution in [3.63, 3.8) is 0 Å². The fourth-order valence-electron chi connectivity index (χ4n) is 3.01. The number of H-pyrrole nitrogens is 1. The minimum atomic E-state index is -0.329. The smallest absolute Gasteiger partial charge is 0.169 e. The number of aliphatic hydroxyl groups is 1. The van der Waals surface area contributed by atoms with Gasteiger partial charge in [-0.05, 0) is 39.3 Å². The maximum atomic E-state index is 10.8. The fraction of sp³-hybridized carbons (Fsp3) is 0.381. The minimum absolute atomic E-state index is 0.00639. The topological polar surface area (TPSA) is 90.5 Å². The van der Waals surface area contributed by atoms with Gasteiger partial charge >= 0.3 is 0 Å². The van der Waals surface area contributed by atoms with Crippen LogP contribution in [0, 0.1) is 25.2 Å². The molecule has 1 atom stereocenters. The van der Waals surface area contributed by atoms with Crippen molar-refractivity contribution in [3.05, 3.63) is 47.2 Å². The minimum Gasteiger partial charge on any atom is -0.510 e. The van der Waals surface area contributed by atoms with Crippen molar-refractivity contribution in [2.75, 3.05) is 0 Å². The zero-order valence-electron chi connectivity index (χ0n) is 16.7. The van der Waals surface area contributed by atoms with Gasteiger partial charge in [-0.15, -0.1) is 0 Å². The average molecular weight is 396 g/mol. The number of nitrogens with one attached hydrogen (secondary N) is 1. The maximum absolute atomic E-state index is 10.8.